The molecule has 1 fully saturated rings. The first kappa shape index (κ1) is 29.9. The molecule has 1 heterocycles. The Balaban J connectivity index is 0.000000460. The summed E-state index contributed by atoms with van der Waals surface area (Å²) in [5.41, 5.74) is 2.13. The molecule has 7 N–H and O–H groups in total. The van der Waals surface area contributed by atoms with Gasteiger partial charge in [-0.3, -0.25) is 4.98 Å². The van der Waals surface area contributed by atoms with Gasteiger partial charge in [0, 0.05) is 34.4 Å². The number of pyridine rings is 1. The second kappa shape index (κ2) is 13.7. The Hall–Kier alpha value is -1.10. The first-order chi connectivity index (χ1) is 15.2. The largest absolute Gasteiger partial charge is 0.466 e. The van der Waals surface area contributed by atoms with E-state index in [0.717, 1.165) is 29.0 Å². The average molecular weight is 528 g/mol. The average Bonchev–Trinajstić information content (AvgIpc) is 2.67. The van der Waals surface area contributed by atoms with E-state index in [2.05, 4.69) is 41.2 Å². The molecule has 2 aromatic rings. The standard InChI is InChI=1S/C19H26ClN3.2H3O4P/c1-3-23(4-2)16-7-5-6-15(13-16)22-18-10-11-21-19-12-14(20)8-9-17(18)19;2*1-5(2,3)4/h8-12,15-16H,3-7,13H2,1-2H3,(H,21,22);2*(H3,1,2,3,4). The first-order valence-electron chi connectivity index (χ1n) is 10.3. The summed E-state index contributed by atoms with van der Waals surface area (Å²) in [6, 6.07) is 9.27. The number of nitrogens with one attached hydrogen (secondary N) is 1. The van der Waals surface area contributed by atoms with Gasteiger partial charge < -0.3 is 39.6 Å². The highest BCUT2D eigenvalue weighted by atomic mass is 35.5. The van der Waals surface area contributed by atoms with Gasteiger partial charge in [0.25, 0.3) is 0 Å². The molecule has 2 unspecified atom stereocenters. The van der Waals surface area contributed by atoms with E-state index in [0.29, 0.717) is 12.1 Å². The number of rotatable bonds is 5. The number of hydrogen-bond acceptors (Lipinski definition) is 5. The summed E-state index contributed by atoms with van der Waals surface area (Å²) >= 11 is 6.08. The highest BCUT2D eigenvalue weighted by Gasteiger charge is 2.25. The van der Waals surface area contributed by atoms with Crippen molar-refractivity contribution in [3.8, 4) is 0 Å². The molecule has 188 valence electrons. The van der Waals surface area contributed by atoms with Crippen molar-refractivity contribution in [2.24, 2.45) is 0 Å². The van der Waals surface area contributed by atoms with E-state index in [9.17, 15) is 0 Å². The lowest BCUT2D eigenvalue weighted by Gasteiger charge is -2.37. The highest BCUT2D eigenvalue weighted by molar-refractivity contribution is 7.45. The number of hydrogen-bond donors (Lipinski definition) is 7. The van der Waals surface area contributed by atoms with Crippen LogP contribution in [0.3, 0.4) is 0 Å². The topological polar surface area (TPSA) is 184 Å². The SMILES string of the molecule is CCN(CC)C1CCCC(Nc2ccnc3cc(Cl)ccc23)C1.O=P(O)(O)O.O=P(O)(O)O. The maximum atomic E-state index is 8.88. The minimum atomic E-state index is -4.64. The zero-order chi connectivity index (χ0) is 25.2. The monoisotopic (exact) mass is 527 g/mol. The minimum Gasteiger partial charge on any atom is -0.382 e. The molecule has 11 nitrogen and oxygen atoms in total. The molecule has 33 heavy (non-hydrogen) atoms. The molecule has 3 rings (SSSR count). The summed E-state index contributed by atoms with van der Waals surface area (Å²) in [6.45, 7) is 6.82. The molecule has 1 aliphatic rings. The van der Waals surface area contributed by atoms with Gasteiger partial charge in [-0.25, -0.2) is 9.13 Å². The van der Waals surface area contributed by atoms with E-state index in [1.165, 1.54) is 31.4 Å². The Morgan fingerprint density at radius 3 is 2.15 bits per heavy atom. The van der Waals surface area contributed by atoms with Crippen LogP contribution < -0.4 is 5.32 Å². The molecule has 1 aromatic carbocycles. The van der Waals surface area contributed by atoms with Crippen LogP contribution in [0.1, 0.15) is 39.5 Å². The third-order valence-corrected chi connectivity index (χ3v) is 5.27. The van der Waals surface area contributed by atoms with Crippen LogP contribution in [0, 0.1) is 0 Å². The summed E-state index contributed by atoms with van der Waals surface area (Å²) in [6.07, 6.45) is 6.96. The van der Waals surface area contributed by atoms with E-state index in [4.69, 9.17) is 50.1 Å². The molecule has 0 saturated heterocycles. The van der Waals surface area contributed by atoms with Crippen LogP contribution in [0.25, 0.3) is 10.9 Å². The van der Waals surface area contributed by atoms with Crippen molar-refractivity contribution in [3.63, 3.8) is 0 Å². The van der Waals surface area contributed by atoms with E-state index in [-0.39, 0.29) is 0 Å². The van der Waals surface area contributed by atoms with Crippen molar-refractivity contribution in [1.29, 1.82) is 0 Å². The Bertz CT molecular complexity index is 931. The highest BCUT2D eigenvalue weighted by Crippen LogP contribution is 2.30. The molecule has 14 heteroatoms. The normalized spacial score (nSPS) is 18.7. The van der Waals surface area contributed by atoms with Gasteiger partial charge >= 0.3 is 15.6 Å². The third-order valence-electron chi connectivity index (χ3n) is 5.04. The molecule has 0 amide bonds. The van der Waals surface area contributed by atoms with Crippen LogP contribution in [0.15, 0.2) is 30.5 Å². The second-order valence-electron chi connectivity index (χ2n) is 7.43. The molecule has 1 aromatic heterocycles. The third kappa shape index (κ3) is 13.4. The predicted molar refractivity (Wildman–Crippen MR) is 128 cm³/mol. The van der Waals surface area contributed by atoms with Gasteiger partial charge in [0.1, 0.15) is 0 Å². The van der Waals surface area contributed by atoms with E-state index in [1.807, 2.05) is 18.3 Å². The van der Waals surface area contributed by atoms with Gasteiger partial charge in [-0.05, 0) is 63.0 Å². The van der Waals surface area contributed by atoms with E-state index >= 15 is 0 Å². The van der Waals surface area contributed by atoms with Gasteiger partial charge in [-0.2, -0.15) is 0 Å². The number of anilines is 1. The summed E-state index contributed by atoms with van der Waals surface area (Å²) in [7, 11) is -9.28. The lowest BCUT2D eigenvalue weighted by Crippen LogP contribution is -2.42. The molecule has 0 aliphatic heterocycles. The fraction of sp³-hybridized carbons (Fsp3) is 0.526. The molecule has 1 saturated carbocycles. The van der Waals surface area contributed by atoms with Gasteiger partial charge in [-0.1, -0.05) is 25.4 Å². The molecule has 0 spiro atoms. The second-order valence-corrected chi connectivity index (χ2v) is 9.92. The Morgan fingerprint density at radius 1 is 1.03 bits per heavy atom. The number of fused-ring (bicyclic) bond motifs is 1. The molecule has 2 atom stereocenters. The Labute approximate surface area is 197 Å². The van der Waals surface area contributed by atoms with Crippen molar-refractivity contribution in [3.05, 3.63) is 35.5 Å². The zero-order valence-corrected chi connectivity index (χ0v) is 21.0. The number of benzene rings is 1. The predicted octanol–water partition coefficient (Wildman–Crippen LogP) is 3.10. The molecule has 1 aliphatic carbocycles. The zero-order valence-electron chi connectivity index (χ0n) is 18.5. The summed E-state index contributed by atoms with van der Waals surface area (Å²) < 4.78 is 17.8. The fourth-order valence-corrected chi connectivity index (χ4v) is 4.00. The van der Waals surface area contributed by atoms with Crippen molar-refractivity contribution >= 4 is 43.8 Å². The molecular formula is C19H32ClN3O8P2. The van der Waals surface area contributed by atoms with E-state index in [1.54, 1.807) is 0 Å². The molecular weight excluding hydrogens is 496 g/mol. The van der Waals surface area contributed by atoms with Gasteiger partial charge in [0.05, 0.1) is 5.52 Å². The van der Waals surface area contributed by atoms with Crippen LogP contribution in [0.2, 0.25) is 5.02 Å². The van der Waals surface area contributed by atoms with E-state index < -0.39 is 15.6 Å². The van der Waals surface area contributed by atoms with Crippen molar-refractivity contribution in [2.75, 3.05) is 18.4 Å². The lowest BCUT2D eigenvalue weighted by atomic mass is 9.89. The van der Waals surface area contributed by atoms with Crippen molar-refractivity contribution < 1.29 is 38.5 Å². The minimum absolute atomic E-state index is 0.538. The van der Waals surface area contributed by atoms with Crippen LogP contribution in [0.4, 0.5) is 5.69 Å². The summed E-state index contributed by atoms with van der Waals surface area (Å²) in [5, 5.41) is 5.66. The summed E-state index contributed by atoms with van der Waals surface area (Å²) in [5.74, 6) is 0. The van der Waals surface area contributed by atoms with Crippen LogP contribution in [0.5, 0.6) is 0 Å². The summed E-state index contributed by atoms with van der Waals surface area (Å²) in [4.78, 5) is 50.2. The Morgan fingerprint density at radius 2 is 1.61 bits per heavy atom. The number of phosphoric acid groups is 2. The maximum Gasteiger partial charge on any atom is 0.466 e. The smallest absolute Gasteiger partial charge is 0.382 e. The van der Waals surface area contributed by atoms with Crippen LogP contribution >= 0.6 is 27.2 Å². The van der Waals surface area contributed by atoms with Gasteiger partial charge in [-0.15, -0.1) is 0 Å². The van der Waals surface area contributed by atoms with Crippen LogP contribution in [-0.4, -0.2) is 64.4 Å². The van der Waals surface area contributed by atoms with Crippen LogP contribution in [-0.2, 0) is 9.13 Å². The number of nitrogens with zero attached hydrogens (tertiary/aromatic N) is 2. The first-order valence-corrected chi connectivity index (χ1v) is 13.8. The number of aromatic nitrogens is 1. The van der Waals surface area contributed by atoms with Crippen molar-refractivity contribution in [2.45, 2.75) is 51.6 Å². The Kier molecular flexibility index (Phi) is 12.4. The van der Waals surface area contributed by atoms with Gasteiger partial charge in [0.2, 0.25) is 0 Å². The lowest BCUT2D eigenvalue weighted by molar-refractivity contribution is 0.166. The maximum absolute atomic E-state index is 8.88. The molecule has 0 bridgehead atoms. The fourth-order valence-electron chi connectivity index (χ4n) is 3.83. The van der Waals surface area contributed by atoms with Crippen molar-refractivity contribution in [1.82, 2.24) is 9.88 Å². The van der Waals surface area contributed by atoms with Gasteiger partial charge in [0.15, 0.2) is 0 Å². The number of halogens is 1. The molecule has 0 radical (unpaired) electrons. The quantitative estimate of drug-likeness (QED) is 0.283.